The van der Waals surface area contributed by atoms with Gasteiger partial charge in [-0.25, -0.2) is 8.42 Å². The molecular formula is C15H15ClN2O4S. The number of nitrogens with zero attached hydrogens (tertiary/aromatic N) is 2. The van der Waals surface area contributed by atoms with Crippen LogP contribution in [0, 0.1) is 17.0 Å². The van der Waals surface area contributed by atoms with Gasteiger partial charge in [0.05, 0.1) is 20.5 Å². The monoisotopic (exact) mass is 354 g/mol. The fourth-order valence-corrected chi connectivity index (χ4v) is 4.25. The van der Waals surface area contributed by atoms with E-state index in [-0.39, 0.29) is 17.1 Å². The Morgan fingerprint density at radius 3 is 2.43 bits per heavy atom. The zero-order chi connectivity index (χ0) is 17.2. The lowest BCUT2D eigenvalue weighted by Crippen LogP contribution is -2.31. The Morgan fingerprint density at radius 1 is 1.22 bits per heavy atom. The molecule has 2 aromatic carbocycles. The minimum Gasteiger partial charge on any atom is -0.265 e. The van der Waals surface area contributed by atoms with Gasteiger partial charge in [-0.3, -0.25) is 14.4 Å². The van der Waals surface area contributed by atoms with E-state index in [9.17, 15) is 18.5 Å². The zero-order valence-electron chi connectivity index (χ0n) is 12.6. The van der Waals surface area contributed by atoms with Gasteiger partial charge >= 0.3 is 0 Å². The smallest absolute Gasteiger partial charge is 0.265 e. The van der Waals surface area contributed by atoms with Crippen LogP contribution >= 0.6 is 11.6 Å². The molecule has 0 bridgehead atoms. The molecule has 2 aromatic rings. The zero-order valence-corrected chi connectivity index (χ0v) is 14.1. The van der Waals surface area contributed by atoms with Crippen molar-refractivity contribution in [3.63, 3.8) is 0 Å². The third-order valence-electron chi connectivity index (χ3n) is 3.36. The Labute approximate surface area is 139 Å². The van der Waals surface area contributed by atoms with Crippen molar-refractivity contribution in [3.8, 4) is 0 Å². The molecule has 0 radical (unpaired) electrons. The van der Waals surface area contributed by atoms with Crippen LogP contribution in [-0.4, -0.2) is 19.9 Å². The summed E-state index contributed by atoms with van der Waals surface area (Å²) in [5.74, 6) is 0. The first-order chi connectivity index (χ1) is 10.8. The summed E-state index contributed by atoms with van der Waals surface area (Å²) in [6.07, 6.45) is 0. The molecule has 0 aliphatic heterocycles. The highest BCUT2D eigenvalue weighted by Gasteiger charge is 2.28. The minimum absolute atomic E-state index is 0.103. The van der Waals surface area contributed by atoms with Crippen molar-refractivity contribution in [1.29, 1.82) is 0 Å². The van der Waals surface area contributed by atoms with Crippen LogP contribution < -0.4 is 4.31 Å². The number of rotatable bonds is 5. The predicted molar refractivity (Wildman–Crippen MR) is 89.5 cm³/mol. The second-order valence-corrected chi connectivity index (χ2v) is 7.07. The first-order valence-corrected chi connectivity index (χ1v) is 8.63. The number of non-ortho nitro benzene ring substituents is 1. The summed E-state index contributed by atoms with van der Waals surface area (Å²) in [5.41, 5.74) is 0.494. The molecule has 23 heavy (non-hydrogen) atoms. The van der Waals surface area contributed by atoms with Crippen LogP contribution in [0.5, 0.6) is 0 Å². The molecule has 2 rings (SSSR count). The van der Waals surface area contributed by atoms with Gasteiger partial charge in [-0.15, -0.1) is 0 Å². The molecule has 0 heterocycles. The molecule has 0 aliphatic carbocycles. The van der Waals surface area contributed by atoms with E-state index >= 15 is 0 Å². The maximum absolute atomic E-state index is 13.0. The van der Waals surface area contributed by atoms with Gasteiger partial charge in [0.25, 0.3) is 15.7 Å². The quantitative estimate of drug-likeness (QED) is 0.604. The molecule has 0 saturated heterocycles. The Bertz CT molecular complexity index is 852. The Balaban J connectivity index is 2.63. The fourth-order valence-electron chi connectivity index (χ4n) is 2.22. The number of para-hydroxylation sites is 1. The third-order valence-corrected chi connectivity index (χ3v) is 5.71. The van der Waals surface area contributed by atoms with E-state index in [1.807, 2.05) is 0 Å². The second-order valence-electron chi connectivity index (χ2n) is 4.83. The average molecular weight is 355 g/mol. The van der Waals surface area contributed by atoms with E-state index in [4.69, 9.17) is 11.6 Å². The van der Waals surface area contributed by atoms with Crippen LogP contribution in [0.4, 0.5) is 11.4 Å². The number of halogens is 1. The Morgan fingerprint density at radius 2 is 1.87 bits per heavy atom. The first-order valence-electron chi connectivity index (χ1n) is 6.81. The van der Waals surface area contributed by atoms with Gasteiger partial charge in [0.2, 0.25) is 0 Å². The van der Waals surface area contributed by atoms with Gasteiger partial charge in [0, 0.05) is 18.7 Å². The SMILES string of the molecule is CCN(c1ccccc1Cl)S(=O)(=O)c1cc([N+](=O)[O-])ccc1C. The van der Waals surface area contributed by atoms with Crippen molar-refractivity contribution >= 4 is 33.0 Å². The number of sulfonamides is 1. The first kappa shape index (κ1) is 17.2. The van der Waals surface area contributed by atoms with Crippen molar-refractivity contribution < 1.29 is 13.3 Å². The van der Waals surface area contributed by atoms with E-state index in [0.717, 1.165) is 10.4 Å². The van der Waals surface area contributed by atoms with E-state index in [0.29, 0.717) is 16.3 Å². The van der Waals surface area contributed by atoms with Gasteiger partial charge in [0.15, 0.2) is 0 Å². The highest BCUT2D eigenvalue weighted by atomic mass is 35.5. The summed E-state index contributed by atoms with van der Waals surface area (Å²) in [5, 5.41) is 11.2. The van der Waals surface area contributed by atoms with Crippen LogP contribution in [0.25, 0.3) is 0 Å². The van der Waals surface area contributed by atoms with Gasteiger partial charge in [-0.05, 0) is 31.5 Å². The third kappa shape index (κ3) is 3.30. The van der Waals surface area contributed by atoms with Gasteiger partial charge in [0.1, 0.15) is 0 Å². The van der Waals surface area contributed by atoms with E-state index < -0.39 is 14.9 Å². The largest absolute Gasteiger partial charge is 0.270 e. The number of benzene rings is 2. The topological polar surface area (TPSA) is 80.5 Å². The molecule has 0 spiro atoms. The number of nitro groups is 1. The summed E-state index contributed by atoms with van der Waals surface area (Å²) in [4.78, 5) is 10.2. The van der Waals surface area contributed by atoms with Crippen molar-refractivity contribution in [2.24, 2.45) is 0 Å². The number of nitro benzene ring substituents is 1. The summed E-state index contributed by atoms with van der Waals surface area (Å²) in [6, 6.07) is 10.3. The van der Waals surface area contributed by atoms with Crippen LogP contribution in [0.3, 0.4) is 0 Å². The summed E-state index contributed by atoms with van der Waals surface area (Å²) in [6.45, 7) is 3.42. The molecule has 8 heteroatoms. The van der Waals surface area contributed by atoms with Crippen LogP contribution in [0.15, 0.2) is 47.4 Å². The normalized spacial score (nSPS) is 11.3. The number of hydrogen-bond donors (Lipinski definition) is 0. The lowest BCUT2D eigenvalue weighted by atomic mass is 10.2. The number of hydrogen-bond acceptors (Lipinski definition) is 4. The van der Waals surface area contributed by atoms with Crippen LogP contribution in [0.2, 0.25) is 5.02 Å². The van der Waals surface area contributed by atoms with Gasteiger partial charge in [-0.2, -0.15) is 0 Å². The van der Waals surface area contributed by atoms with E-state index in [1.165, 1.54) is 12.1 Å². The molecule has 0 amide bonds. The van der Waals surface area contributed by atoms with Gasteiger partial charge < -0.3 is 0 Å². The lowest BCUT2D eigenvalue weighted by Gasteiger charge is -2.24. The van der Waals surface area contributed by atoms with Crippen molar-refractivity contribution in [3.05, 3.63) is 63.2 Å². The molecule has 122 valence electrons. The summed E-state index contributed by atoms with van der Waals surface area (Å²) < 4.78 is 27.1. The predicted octanol–water partition coefficient (Wildman–Crippen LogP) is 3.77. The van der Waals surface area contributed by atoms with Gasteiger partial charge in [-0.1, -0.05) is 29.8 Å². The average Bonchev–Trinajstić information content (AvgIpc) is 2.49. The second kappa shape index (κ2) is 6.55. The standard InChI is InChI=1S/C15H15ClN2O4S/c1-3-17(14-7-5-4-6-13(14)16)23(21,22)15-10-12(18(19)20)9-8-11(15)2/h4-10H,3H2,1-2H3. The number of anilines is 1. The molecule has 0 fully saturated rings. The maximum atomic E-state index is 13.0. The number of aryl methyl sites for hydroxylation is 1. The Kier molecular flexibility index (Phi) is 4.91. The summed E-state index contributed by atoms with van der Waals surface area (Å²) in [7, 11) is -3.97. The molecule has 0 saturated carbocycles. The molecule has 6 nitrogen and oxygen atoms in total. The molecule has 0 unspecified atom stereocenters. The molecule has 0 aromatic heterocycles. The maximum Gasteiger partial charge on any atom is 0.270 e. The fraction of sp³-hybridized carbons (Fsp3) is 0.200. The lowest BCUT2D eigenvalue weighted by molar-refractivity contribution is -0.385. The highest BCUT2D eigenvalue weighted by Crippen LogP contribution is 2.32. The summed E-state index contributed by atoms with van der Waals surface area (Å²) >= 11 is 6.10. The van der Waals surface area contributed by atoms with Crippen molar-refractivity contribution in [1.82, 2.24) is 0 Å². The van der Waals surface area contributed by atoms with Crippen molar-refractivity contribution in [2.75, 3.05) is 10.8 Å². The van der Waals surface area contributed by atoms with Crippen molar-refractivity contribution in [2.45, 2.75) is 18.7 Å². The van der Waals surface area contributed by atoms with E-state index in [1.54, 1.807) is 38.1 Å². The highest BCUT2D eigenvalue weighted by molar-refractivity contribution is 7.92. The van der Waals surface area contributed by atoms with E-state index in [2.05, 4.69) is 0 Å². The molecule has 0 atom stereocenters. The van der Waals surface area contributed by atoms with Crippen LogP contribution in [0.1, 0.15) is 12.5 Å². The Hall–Kier alpha value is -2.12. The minimum atomic E-state index is -3.97. The van der Waals surface area contributed by atoms with Crippen LogP contribution in [-0.2, 0) is 10.0 Å². The molecular weight excluding hydrogens is 340 g/mol. The molecule has 0 N–H and O–H groups in total. The molecule has 0 aliphatic rings.